The van der Waals surface area contributed by atoms with Crippen LogP contribution in [0.3, 0.4) is 0 Å². The van der Waals surface area contributed by atoms with Gasteiger partial charge in [0.15, 0.2) is 0 Å². The zero-order valence-electron chi connectivity index (χ0n) is 17.2. The molecule has 1 heterocycles. The standard InChI is InChI=1S/C23H28FN3O2/c1-15-4-7-21(14-16(15)2)25-22(28)17(3)18-10-12-27(13-11-18)23(29)26-20-8-5-19(24)6-9-20/h4-9,14,17-18H,10-13H2,1-3H3,(H,25,28)(H,26,29)/t17-/m1/s1. The molecule has 1 aliphatic heterocycles. The summed E-state index contributed by atoms with van der Waals surface area (Å²) in [5, 5.41) is 5.80. The maximum atomic E-state index is 13.0. The number of benzene rings is 2. The van der Waals surface area contributed by atoms with Gasteiger partial charge in [-0.1, -0.05) is 13.0 Å². The summed E-state index contributed by atoms with van der Waals surface area (Å²) in [7, 11) is 0. The van der Waals surface area contributed by atoms with Crippen LogP contribution in [0.15, 0.2) is 42.5 Å². The molecule has 0 spiro atoms. The van der Waals surface area contributed by atoms with E-state index in [1.54, 1.807) is 17.0 Å². The van der Waals surface area contributed by atoms with Gasteiger partial charge in [0.1, 0.15) is 5.82 Å². The first kappa shape index (κ1) is 20.8. The van der Waals surface area contributed by atoms with Gasteiger partial charge in [-0.3, -0.25) is 4.79 Å². The Bertz CT molecular complexity index is 874. The third-order valence-corrected chi connectivity index (χ3v) is 5.82. The number of aryl methyl sites for hydroxylation is 2. The number of nitrogens with zero attached hydrogens (tertiary/aromatic N) is 1. The fourth-order valence-electron chi connectivity index (χ4n) is 3.63. The van der Waals surface area contributed by atoms with Crippen LogP contribution in [-0.2, 0) is 4.79 Å². The Morgan fingerprint density at radius 1 is 0.966 bits per heavy atom. The van der Waals surface area contributed by atoms with E-state index in [1.807, 2.05) is 39.0 Å². The van der Waals surface area contributed by atoms with E-state index in [1.165, 1.54) is 17.7 Å². The second-order valence-electron chi connectivity index (χ2n) is 7.84. The van der Waals surface area contributed by atoms with Crippen molar-refractivity contribution in [3.05, 3.63) is 59.4 Å². The Hall–Kier alpha value is -2.89. The van der Waals surface area contributed by atoms with Crippen molar-refractivity contribution in [2.24, 2.45) is 11.8 Å². The second kappa shape index (κ2) is 9.07. The van der Waals surface area contributed by atoms with Crippen LogP contribution >= 0.6 is 0 Å². The van der Waals surface area contributed by atoms with Crippen molar-refractivity contribution < 1.29 is 14.0 Å². The molecular formula is C23H28FN3O2. The normalized spacial score (nSPS) is 15.7. The van der Waals surface area contributed by atoms with Crippen molar-refractivity contribution in [2.45, 2.75) is 33.6 Å². The first-order valence-electron chi connectivity index (χ1n) is 10.0. The number of urea groups is 1. The lowest BCUT2D eigenvalue weighted by Crippen LogP contribution is -2.43. The lowest BCUT2D eigenvalue weighted by atomic mass is 9.85. The van der Waals surface area contributed by atoms with Crippen LogP contribution in [0.1, 0.15) is 30.9 Å². The van der Waals surface area contributed by atoms with Crippen LogP contribution in [0.5, 0.6) is 0 Å². The van der Waals surface area contributed by atoms with Crippen LogP contribution in [0.25, 0.3) is 0 Å². The molecule has 1 atom stereocenters. The number of likely N-dealkylation sites (tertiary alicyclic amines) is 1. The van der Waals surface area contributed by atoms with Crippen molar-refractivity contribution in [3.8, 4) is 0 Å². The molecule has 3 rings (SSSR count). The predicted octanol–water partition coefficient (Wildman–Crippen LogP) is 4.96. The highest BCUT2D eigenvalue weighted by Gasteiger charge is 2.30. The van der Waals surface area contributed by atoms with E-state index >= 15 is 0 Å². The molecule has 1 aliphatic rings. The number of rotatable bonds is 4. The molecule has 154 valence electrons. The number of amides is 3. The number of nitrogens with one attached hydrogen (secondary N) is 2. The molecule has 0 bridgehead atoms. The maximum absolute atomic E-state index is 13.0. The van der Waals surface area contributed by atoms with Gasteiger partial charge in [-0.15, -0.1) is 0 Å². The third-order valence-electron chi connectivity index (χ3n) is 5.82. The van der Waals surface area contributed by atoms with Crippen molar-refractivity contribution in [2.75, 3.05) is 23.7 Å². The molecule has 6 heteroatoms. The van der Waals surface area contributed by atoms with Gasteiger partial charge in [-0.05, 0) is 80.1 Å². The molecule has 3 amide bonds. The summed E-state index contributed by atoms with van der Waals surface area (Å²) < 4.78 is 13.0. The van der Waals surface area contributed by atoms with E-state index in [0.717, 1.165) is 24.1 Å². The zero-order chi connectivity index (χ0) is 21.0. The van der Waals surface area contributed by atoms with Gasteiger partial charge in [0.2, 0.25) is 5.91 Å². The lowest BCUT2D eigenvalue weighted by molar-refractivity contribution is -0.121. The first-order valence-corrected chi connectivity index (χ1v) is 10.0. The largest absolute Gasteiger partial charge is 0.326 e. The highest BCUT2D eigenvalue weighted by atomic mass is 19.1. The molecule has 1 fully saturated rings. The van der Waals surface area contributed by atoms with Crippen LogP contribution in [0.4, 0.5) is 20.6 Å². The summed E-state index contributed by atoms with van der Waals surface area (Å²) >= 11 is 0. The molecule has 1 saturated heterocycles. The number of carbonyl (C=O) groups excluding carboxylic acids is 2. The van der Waals surface area contributed by atoms with E-state index in [0.29, 0.717) is 18.8 Å². The fourth-order valence-corrected chi connectivity index (χ4v) is 3.63. The number of anilines is 2. The topological polar surface area (TPSA) is 61.4 Å². The quantitative estimate of drug-likeness (QED) is 0.766. The molecule has 0 aromatic heterocycles. The summed E-state index contributed by atoms with van der Waals surface area (Å²) in [5.41, 5.74) is 3.74. The Kier molecular flexibility index (Phi) is 6.52. The number of carbonyl (C=O) groups is 2. The van der Waals surface area contributed by atoms with Gasteiger partial charge in [0.25, 0.3) is 0 Å². The van der Waals surface area contributed by atoms with E-state index in [4.69, 9.17) is 0 Å². The smallest absolute Gasteiger partial charge is 0.321 e. The van der Waals surface area contributed by atoms with Gasteiger partial charge in [0, 0.05) is 30.4 Å². The number of hydrogen-bond donors (Lipinski definition) is 2. The minimum Gasteiger partial charge on any atom is -0.326 e. The Labute approximate surface area is 171 Å². The summed E-state index contributed by atoms with van der Waals surface area (Å²) in [5.74, 6) is -0.213. The first-order chi connectivity index (χ1) is 13.8. The molecule has 0 aliphatic carbocycles. The SMILES string of the molecule is Cc1ccc(NC(=O)[C@H](C)C2CCN(C(=O)Nc3ccc(F)cc3)CC2)cc1C. The maximum Gasteiger partial charge on any atom is 0.321 e. The monoisotopic (exact) mass is 397 g/mol. The van der Waals surface area contributed by atoms with E-state index in [9.17, 15) is 14.0 Å². The van der Waals surface area contributed by atoms with Gasteiger partial charge in [-0.25, -0.2) is 9.18 Å². The van der Waals surface area contributed by atoms with Crippen molar-refractivity contribution in [1.29, 1.82) is 0 Å². The highest BCUT2D eigenvalue weighted by molar-refractivity contribution is 5.92. The molecule has 0 saturated carbocycles. The molecule has 0 unspecified atom stereocenters. The predicted molar refractivity (Wildman–Crippen MR) is 113 cm³/mol. The second-order valence-corrected chi connectivity index (χ2v) is 7.84. The van der Waals surface area contributed by atoms with Gasteiger partial charge in [0.05, 0.1) is 0 Å². The Balaban J connectivity index is 1.49. The number of piperidine rings is 1. The molecule has 5 nitrogen and oxygen atoms in total. The van der Waals surface area contributed by atoms with Gasteiger partial charge in [-0.2, -0.15) is 0 Å². The zero-order valence-corrected chi connectivity index (χ0v) is 17.2. The van der Waals surface area contributed by atoms with Gasteiger partial charge >= 0.3 is 6.03 Å². The molecular weight excluding hydrogens is 369 g/mol. The van der Waals surface area contributed by atoms with Crippen molar-refractivity contribution in [3.63, 3.8) is 0 Å². The van der Waals surface area contributed by atoms with Crippen molar-refractivity contribution in [1.82, 2.24) is 4.90 Å². The summed E-state index contributed by atoms with van der Waals surface area (Å²) in [6.45, 7) is 7.22. The highest BCUT2D eigenvalue weighted by Crippen LogP contribution is 2.27. The van der Waals surface area contributed by atoms with Gasteiger partial charge < -0.3 is 15.5 Å². The number of halogens is 1. The lowest BCUT2D eigenvalue weighted by Gasteiger charge is -2.34. The van der Waals surface area contributed by atoms with E-state index < -0.39 is 0 Å². The molecule has 2 N–H and O–H groups in total. The molecule has 29 heavy (non-hydrogen) atoms. The summed E-state index contributed by atoms with van der Waals surface area (Å²) in [6, 6.07) is 11.4. The van der Waals surface area contributed by atoms with Crippen LogP contribution < -0.4 is 10.6 Å². The molecule has 2 aromatic carbocycles. The fraction of sp³-hybridized carbons (Fsp3) is 0.391. The van der Waals surface area contributed by atoms with E-state index in [-0.39, 0.29) is 29.6 Å². The third kappa shape index (κ3) is 5.34. The average molecular weight is 397 g/mol. The van der Waals surface area contributed by atoms with E-state index in [2.05, 4.69) is 10.6 Å². The summed E-state index contributed by atoms with van der Waals surface area (Å²) in [4.78, 5) is 26.8. The molecule has 0 radical (unpaired) electrons. The van der Waals surface area contributed by atoms with Crippen LogP contribution in [0, 0.1) is 31.5 Å². The van der Waals surface area contributed by atoms with Crippen LogP contribution in [0.2, 0.25) is 0 Å². The van der Waals surface area contributed by atoms with Crippen molar-refractivity contribution >= 4 is 23.3 Å². The molecule has 2 aromatic rings. The minimum absolute atomic E-state index is 0.0162. The average Bonchev–Trinajstić information content (AvgIpc) is 2.72. The number of hydrogen-bond acceptors (Lipinski definition) is 2. The minimum atomic E-state index is -0.336. The Morgan fingerprint density at radius 3 is 2.21 bits per heavy atom. The van der Waals surface area contributed by atoms with Crippen LogP contribution in [-0.4, -0.2) is 29.9 Å². The Morgan fingerprint density at radius 2 is 1.59 bits per heavy atom. The summed E-state index contributed by atoms with van der Waals surface area (Å²) in [6.07, 6.45) is 1.55.